The van der Waals surface area contributed by atoms with Gasteiger partial charge in [0.05, 0.1) is 18.0 Å². The van der Waals surface area contributed by atoms with Crippen molar-refractivity contribution in [3.05, 3.63) is 10.6 Å². The minimum Gasteiger partial charge on any atom is -0.336 e. The van der Waals surface area contributed by atoms with Crippen molar-refractivity contribution in [1.82, 2.24) is 35.4 Å². The van der Waals surface area contributed by atoms with Crippen molar-refractivity contribution < 1.29 is 9.59 Å². The summed E-state index contributed by atoms with van der Waals surface area (Å²) < 4.78 is 1.55. The van der Waals surface area contributed by atoms with Gasteiger partial charge in [-0.3, -0.25) is 10.1 Å². The minimum absolute atomic E-state index is 0.0422. The summed E-state index contributed by atoms with van der Waals surface area (Å²) in [6, 6.07) is 0.0731. The molecule has 1 fully saturated rings. The van der Waals surface area contributed by atoms with Gasteiger partial charge >= 0.3 is 6.03 Å². The summed E-state index contributed by atoms with van der Waals surface area (Å²) in [5.41, 5.74) is 0.968. The molecule has 2 aliphatic rings. The highest BCUT2D eigenvalue weighted by molar-refractivity contribution is 7.99. The second-order valence-electron chi connectivity index (χ2n) is 6.91. The van der Waals surface area contributed by atoms with Crippen LogP contribution in [0.1, 0.15) is 36.3 Å². The van der Waals surface area contributed by atoms with Crippen LogP contribution >= 0.6 is 23.1 Å². The minimum atomic E-state index is -0.195. The van der Waals surface area contributed by atoms with E-state index in [1.165, 1.54) is 35.9 Å². The fraction of sp³-hybridized carbons (Fsp3) is 0.625. The zero-order valence-electron chi connectivity index (χ0n) is 15.6. The molecule has 1 aliphatic heterocycles. The van der Waals surface area contributed by atoms with E-state index < -0.39 is 0 Å². The summed E-state index contributed by atoms with van der Waals surface area (Å²) in [4.78, 5) is 32.0. The van der Waals surface area contributed by atoms with Gasteiger partial charge in [-0.25, -0.2) is 14.5 Å². The van der Waals surface area contributed by atoms with E-state index >= 15 is 0 Å². The molecule has 0 unspecified atom stereocenters. The van der Waals surface area contributed by atoms with Crippen molar-refractivity contribution >= 4 is 40.2 Å². The monoisotopic (exact) mass is 422 g/mol. The first-order valence-electron chi connectivity index (χ1n) is 9.27. The number of amides is 3. The van der Waals surface area contributed by atoms with Crippen molar-refractivity contribution in [2.24, 2.45) is 7.05 Å². The lowest BCUT2D eigenvalue weighted by Gasteiger charge is -2.25. The van der Waals surface area contributed by atoms with Gasteiger partial charge in [0.2, 0.25) is 11.1 Å². The first kappa shape index (κ1) is 19.1. The summed E-state index contributed by atoms with van der Waals surface area (Å²) in [7, 11) is 1.74. The summed E-state index contributed by atoms with van der Waals surface area (Å²) in [5, 5.41) is 18.3. The number of carbonyl (C=O) groups is 2. The molecule has 4 rings (SSSR count). The fourth-order valence-electron chi connectivity index (χ4n) is 3.41. The predicted molar refractivity (Wildman–Crippen MR) is 105 cm³/mol. The highest BCUT2D eigenvalue weighted by Gasteiger charge is 2.25. The molecular formula is C16H22N8O2S2. The SMILES string of the molecule is Cn1nnnc1SCC(=O)N1CCc2nc(NC(=O)NC3CCCC3)sc2C1. The Morgan fingerprint density at radius 3 is 2.89 bits per heavy atom. The zero-order chi connectivity index (χ0) is 19.5. The van der Waals surface area contributed by atoms with E-state index in [-0.39, 0.29) is 23.7 Å². The third kappa shape index (κ3) is 4.43. The molecule has 0 saturated heterocycles. The number of nitrogens with one attached hydrogen (secondary N) is 2. The predicted octanol–water partition coefficient (Wildman–Crippen LogP) is 1.41. The first-order valence-corrected chi connectivity index (χ1v) is 11.1. The van der Waals surface area contributed by atoms with Crippen LogP contribution in [0.15, 0.2) is 5.16 Å². The van der Waals surface area contributed by atoms with Crippen LogP contribution in [0.4, 0.5) is 9.93 Å². The molecule has 1 aliphatic carbocycles. The van der Waals surface area contributed by atoms with E-state index in [1.807, 2.05) is 4.90 Å². The van der Waals surface area contributed by atoms with Gasteiger partial charge < -0.3 is 10.2 Å². The molecule has 10 nitrogen and oxygen atoms in total. The number of hydrogen-bond acceptors (Lipinski definition) is 8. The van der Waals surface area contributed by atoms with Crippen LogP contribution in [0, 0.1) is 0 Å². The molecule has 0 spiro atoms. The van der Waals surface area contributed by atoms with Gasteiger partial charge in [0, 0.05) is 30.9 Å². The van der Waals surface area contributed by atoms with E-state index in [0.717, 1.165) is 23.4 Å². The number of carbonyl (C=O) groups excluding carboxylic acids is 2. The van der Waals surface area contributed by atoms with Crippen molar-refractivity contribution in [3.63, 3.8) is 0 Å². The van der Waals surface area contributed by atoms with Gasteiger partial charge in [-0.15, -0.1) is 5.10 Å². The van der Waals surface area contributed by atoms with E-state index in [2.05, 4.69) is 31.1 Å². The topological polar surface area (TPSA) is 118 Å². The number of fused-ring (bicyclic) bond motifs is 1. The number of anilines is 1. The summed E-state index contributed by atoms with van der Waals surface area (Å²) in [6.07, 6.45) is 5.12. The zero-order valence-corrected chi connectivity index (χ0v) is 17.2. The van der Waals surface area contributed by atoms with Crippen LogP contribution < -0.4 is 10.6 Å². The standard InChI is InChI=1S/C16H22N8O2S2/c1-23-16(20-21-22-23)27-9-13(25)24-7-6-11-12(8-24)28-15(18-11)19-14(26)17-10-4-2-3-5-10/h10H,2-9H2,1H3,(H2,17,18,19,26). The van der Waals surface area contributed by atoms with Gasteiger partial charge in [-0.2, -0.15) is 0 Å². The van der Waals surface area contributed by atoms with Crippen LogP contribution in [-0.4, -0.2) is 60.4 Å². The molecule has 2 aromatic rings. The van der Waals surface area contributed by atoms with Crippen LogP contribution in [0.3, 0.4) is 0 Å². The van der Waals surface area contributed by atoms with Crippen molar-refractivity contribution in [2.45, 2.75) is 49.8 Å². The Hall–Kier alpha value is -2.21. The number of nitrogens with zero attached hydrogens (tertiary/aromatic N) is 6. The number of thiazole rings is 1. The van der Waals surface area contributed by atoms with Gasteiger partial charge in [-0.05, 0) is 23.3 Å². The molecule has 0 atom stereocenters. The van der Waals surface area contributed by atoms with Gasteiger partial charge in [0.15, 0.2) is 5.13 Å². The second kappa shape index (κ2) is 8.43. The lowest BCUT2D eigenvalue weighted by Crippen LogP contribution is -2.36. The molecule has 0 radical (unpaired) electrons. The highest BCUT2D eigenvalue weighted by atomic mass is 32.2. The quantitative estimate of drug-likeness (QED) is 0.700. The third-order valence-corrected chi connectivity index (χ3v) is 6.89. The lowest BCUT2D eigenvalue weighted by molar-refractivity contribution is -0.129. The van der Waals surface area contributed by atoms with E-state index in [9.17, 15) is 9.59 Å². The van der Waals surface area contributed by atoms with Gasteiger partial charge in [0.1, 0.15) is 0 Å². The Morgan fingerprint density at radius 2 is 2.14 bits per heavy atom. The van der Waals surface area contributed by atoms with Crippen LogP contribution in [0.2, 0.25) is 0 Å². The summed E-state index contributed by atoms with van der Waals surface area (Å²) >= 11 is 2.76. The average Bonchev–Trinajstić information content (AvgIpc) is 3.40. The van der Waals surface area contributed by atoms with Crippen molar-refractivity contribution in [2.75, 3.05) is 17.6 Å². The Bertz CT molecular complexity index is 861. The van der Waals surface area contributed by atoms with Crippen molar-refractivity contribution in [1.29, 1.82) is 0 Å². The maximum atomic E-state index is 12.5. The first-order chi connectivity index (χ1) is 13.6. The van der Waals surface area contributed by atoms with Crippen LogP contribution in [-0.2, 0) is 24.8 Å². The van der Waals surface area contributed by atoms with Crippen LogP contribution in [0.5, 0.6) is 0 Å². The molecule has 2 N–H and O–H groups in total. The largest absolute Gasteiger partial charge is 0.336 e. The number of urea groups is 1. The second-order valence-corrected chi connectivity index (χ2v) is 8.93. The number of rotatable bonds is 5. The van der Waals surface area contributed by atoms with Gasteiger partial charge in [-0.1, -0.05) is 35.9 Å². The number of aromatic nitrogens is 5. The Balaban J connectivity index is 1.30. The highest BCUT2D eigenvalue weighted by Crippen LogP contribution is 2.29. The smallest absolute Gasteiger partial charge is 0.321 e. The van der Waals surface area contributed by atoms with E-state index in [1.54, 1.807) is 11.7 Å². The Labute approximate surface area is 170 Å². The number of tetrazole rings is 1. The third-order valence-electron chi connectivity index (χ3n) is 4.90. The van der Waals surface area contributed by atoms with E-state index in [0.29, 0.717) is 29.8 Å². The summed E-state index contributed by atoms with van der Waals surface area (Å²) in [5.74, 6) is 0.331. The molecule has 3 amide bonds. The lowest BCUT2D eigenvalue weighted by atomic mass is 10.2. The maximum Gasteiger partial charge on any atom is 0.321 e. The number of thioether (sulfide) groups is 1. The molecule has 150 valence electrons. The van der Waals surface area contributed by atoms with Crippen LogP contribution in [0.25, 0.3) is 0 Å². The molecule has 0 bridgehead atoms. The molecule has 12 heteroatoms. The molecule has 1 saturated carbocycles. The number of aryl methyl sites for hydroxylation is 1. The van der Waals surface area contributed by atoms with Crippen molar-refractivity contribution in [3.8, 4) is 0 Å². The molecule has 28 heavy (non-hydrogen) atoms. The fourth-order valence-corrected chi connectivity index (χ4v) is 5.18. The molecule has 2 aromatic heterocycles. The average molecular weight is 423 g/mol. The normalized spacial score (nSPS) is 16.8. The molecule has 3 heterocycles. The summed E-state index contributed by atoms with van der Waals surface area (Å²) in [6.45, 7) is 1.15. The Morgan fingerprint density at radius 1 is 1.32 bits per heavy atom. The maximum absolute atomic E-state index is 12.5. The Kier molecular flexibility index (Phi) is 5.76. The molecule has 0 aromatic carbocycles. The van der Waals surface area contributed by atoms with E-state index in [4.69, 9.17) is 0 Å². The molecular weight excluding hydrogens is 400 g/mol. The van der Waals surface area contributed by atoms with Gasteiger partial charge in [0.25, 0.3) is 0 Å². The number of hydrogen-bond donors (Lipinski definition) is 2.